The van der Waals surface area contributed by atoms with Crippen LogP contribution in [0.1, 0.15) is 22.7 Å². The Kier molecular flexibility index (Phi) is 2.00. The molecular formula is C15H15N. The molecule has 1 heterocycles. The maximum absolute atomic E-state index is 2.28. The molecule has 80 valence electrons. The van der Waals surface area contributed by atoms with Gasteiger partial charge in [0.1, 0.15) is 0 Å². The fraction of sp³-hybridized carbons (Fsp3) is 0.200. The van der Waals surface area contributed by atoms with Crippen molar-refractivity contribution in [1.29, 1.82) is 0 Å². The Hall–Kier alpha value is -1.76. The second-order valence-corrected chi connectivity index (χ2v) is 4.49. The van der Waals surface area contributed by atoms with Crippen molar-refractivity contribution in [1.82, 2.24) is 4.90 Å². The van der Waals surface area contributed by atoms with E-state index in [1.807, 2.05) is 0 Å². The summed E-state index contributed by atoms with van der Waals surface area (Å²) in [5.41, 5.74) is 5.55. The van der Waals surface area contributed by atoms with Crippen LogP contribution in [0.2, 0.25) is 0 Å². The predicted molar refractivity (Wildman–Crippen MR) is 67.9 cm³/mol. The second kappa shape index (κ2) is 3.38. The molecule has 0 spiro atoms. The molecule has 16 heavy (non-hydrogen) atoms. The quantitative estimate of drug-likeness (QED) is 0.632. The fourth-order valence-corrected chi connectivity index (χ4v) is 2.63. The third kappa shape index (κ3) is 1.25. The fourth-order valence-electron chi connectivity index (χ4n) is 2.63. The number of allylic oxidation sites excluding steroid dienone is 2. The van der Waals surface area contributed by atoms with Crippen molar-refractivity contribution in [3.8, 4) is 0 Å². The summed E-state index contributed by atoms with van der Waals surface area (Å²) in [4.78, 5) is 2.28. The van der Waals surface area contributed by atoms with Gasteiger partial charge in [0.05, 0.1) is 6.04 Å². The predicted octanol–water partition coefficient (Wildman–Crippen LogP) is 3.45. The highest BCUT2D eigenvalue weighted by atomic mass is 15.1. The van der Waals surface area contributed by atoms with Gasteiger partial charge in [-0.1, -0.05) is 36.4 Å². The lowest BCUT2D eigenvalue weighted by atomic mass is 9.84. The number of aryl methyl sites for hydroxylation is 1. The number of nitrogens with zero attached hydrogens (tertiary/aromatic N) is 1. The molecule has 1 heteroatoms. The first-order valence-corrected chi connectivity index (χ1v) is 5.65. The molecule has 0 saturated heterocycles. The average molecular weight is 209 g/mol. The van der Waals surface area contributed by atoms with Crippen LogP contribution in [0.4, 0.5) is 0 Å². The summed E-state index contributed by atoms with van der Waals surface area (Å²) >= 11 is 0. The van der Waals surface area contributed by atoms with E-state index in [0.29, 0.717) is 6.04 Å². The van der Waals surface area contributed by atoms with E-state index in [1.165, 1.54) is 22.3 Å². The third-order valence-corrected chi connectivity index (χ3v) is 3.42. The van der Waals surface area contributed by atoms with Gasteiger partial charge in [0.15, 0.2) is 0 Å². The molecule has 0 bridgehead atoms. The van der Waals surface area contributed by atoms with E-state index in [4.69, 9.17) is 0 Å². The summed E-state index contributed by atoms with van der Waals surface area (Å²) in [6, 6.07) is 6.92. The van der Waals surface area contributed by atoms with Crippen LogP contribution in [0, 0.1) is 6.92 Å². The van der Waals surface area contributed by atoms with Gasteiger partial charge >= 0.3 is 0 Å². The SMILES string of the molecule is Cc1cccc2c1C1C(=CC=CN1C)C=C2. The topological polar surface area (TPSA) is 3.24 Å². The molecule has 0 N–H and O–H groups in total. The van der Waals surface area contributed by atoms with Crippen molar-refractivity contribution < 1.29 is 0 Å². The minimum absolute atomic E-state index is 0.395. The van der Waals surface area contributed by atoms with Gasteiger partial charge in [0, 0.05) is 7.05 Å². The minimum atomic E-state index is 0.395. The van der Waals surface area contributed by atoms with E-state index in [9.17, 15) is 0 Å². The number of hydrogen-bond donors (Lipinski definition) is 0. The Bertz CT molecular complexity index is 520. The van der Waals surface area contributed by atoms with E-state index in [2.05, 4.69) is 67.6 Å². The molecule has 1 aromatic carbocycles. The third-order valence-electron chi connectivity index (χ3n) is 3.42. The van der Waals surface area contributed by atoms with Gasteiger partial charge in [-0.2, -0.15) is 0 Å². The Morgan fingerprint density at radius 2 is 2.06 bits per heavy atom. The first kappa shape index (κ1) is 9.46. The highest BCUT2D eigenvalue weighted by Gasteiger charge is 2.26. The van der Waals surface area contributed by atoms with Crippen LogP contribution in [0.3, 0.4) is 0 Å². The zero-order chi connectivity index (χ0) is 11.1. The Morgan fingerprint density at radius 1 is 1.19 bits per heavy atom. The van der Waals surface area contributed by atoms with Crippen LogP contribution in [0.25, 0.3) is 6.08 Å². The monoisotopic (exact) mass is 209 g/mol. The van der Waals surface area contributed by atoms with Gasteiger partial charge in [-0.05, 0) is 41.5 Å². The van der Waals surface area contributed by atoms with Crippen molar-refractivity contribution in [2.24, 2.45) is 0 Å². The van der Waals surface area contributed by atoms with Crippen molar-refractivity contribution >= 4 is 6.08 Å². The van der Waals surface area contributed by atoms with Gasteiger partial charge in [-0.3, -0.25) is 0 Å². The van der Waals surface area contributed by atoms with Crippen molar-refractivity contribution in [2.75, 3.05) is 7.05 Å². The lowest BCUT2D eigenvalue weighted by Crippen LogP contribution is -2.25. The molecule has 1 nitrogen and oxygen atoms in total. The molecule has 0 aromatic heterocycles. The van der Waals surface area contributed by atoms with E-state index in [1.54, 1.807) is 0 Å². The first-order chi connectivity index (χ1) is 7.77. The molecular weight excluding hydrogens is 194 g/mol. The number of fused-ring (bicyclic) bond motifs is 3. The van der Waals surface area contributed by atoms with Gasteiger partial charge in [0.25, 0.3) is 0 Å². The number of benzene rings is 1. The lowest BCUT2D eigenvalue weighted by molar-refractivity contribution is 0.375. The molecule has 1 aliphatic carbocycles. The number of likely N-dealkylation sites (N-methyl/N-ethyl adjacent to an activating group) is 1. The molecule has 0 saturated carbocycles. The van der Waals surface area contributed by atoms with Gasteiger partial charge in [-0.25, -0.2) is 0 Å². The lowest BCUT2D eigenvalue weighted by Gasteiger charge is -2.35. The molecule has 3 rings (SSSR count). The molecule has 1 aliphatic heterocycles. The Balaban J connectivity index is 2.24. The minimum Gasteiger partial charge on any atom is -0.369 e. The highest BCUT2D eigenvalue weighted by molar-refractivity contribution is 5.66. The summed E-state index contributed by atoms with van der Waals surface area (Å²) in [7, 11) is 2.14. The van der Waals surface area contributed by atoms with Crippen LogP contribution in [-0.4, -0.2) is 11.9 Å². The summed E-state index contributed by atoms with van der Waals surface area (Å²) in [5.74, 6) is 0. The van der Waals surface area contributed by atoms with Crippen molar-refractivity contribution in [3.63, 3.8) is 0 Å². The largest absolute Gasteiger partial charge is 0.369 e. The molecule has 0 fully saturated rings. The standard InChI is InChI=1S/C15H15N/c1-11-5-3-6-12-8-9-13-7-4-10-16(2)15(13)14(11)12/h3-10,15H,1-2H3. The van der Waals surface area contributed by atoms with E-state index in [-0.39, 0.29) is 0 Å². The highest BCUT2D eigenvalue weighted by Crippen LogP contribution is 2.39. The van der Waals surface area contributed by atoms with Crippen molar-refractivity contribution in [2.45, 2.75) is 13.0 Å². The molecule has 2 aliphatic rings. The van der Waals surface area contributed by atoms with E-state index < -0.39 is 0 Å². The number of hydrogen-bond acceptors (Lipinski definition) is 1. The van der Waals surface area contributed by atoms with Gasteiger partial charge < -0.3 is 4.90 Å². The average Bonchev–Trinajstić information content (AvgIpc) is 2.29. The molecule has 1 atom stereocenters. The smallest absolute Gasteiger partial charge is 0.0795 e. The molecule has 0 radical (unpaired) electrons. The normalized spacial score (nSPS) is 21.5. The van der Waals surface area contributed by atoms with Crippen LogP contribution < -0.4 is 0 Å². The second-order valence-electron chi connectivity index (χ2n) is 4.49. The summed E-state index contributed by atoms with van der Waals surface area (Å²) in [6.45, 7) is 2.20. The van der Waals surface area contributed by atoms with E-state index in [0.717, 1.165) is 0 Å². The number of rotatable bonds is 0. The molecule has 1 aromatic rings. The first-order valence-electron chi connectivity index (χ1n) is 5.65. The summed E-state index contributed by atoms with van der Waals surface area (Å²) in [5, 5.41) is 0. The Labute approximate surface area is 96.4 Å². The maximum atomic E-state index is 2.28. The van der Waals surface area contributed by atoms with Crippen LogP contribution in [0.5, 0.6) is 0 Å². The Morgan fingerprint density at radius 3 is 2.94 bits per heavy atom. The molecule has 1 unspecified atom stereocenters. The zero-order valence-corrected chi connectivity index (χ0v) is 9.64. The van der Waals surface area contributed by atoms with Crippen LogP contribution in [-0.2, 0) is 0 Å². The van der Waals surface area contributed by atoms with E-state index >= 15 is 0 Å². The maximum Gasteiger partial charge on any atom is 0.0795 e. The summed E-state index contributed by atoms with van der Waals surface area (Å²) in [6.07, 6.45) is 10.9. The van der Waals surface area contributed by atoms with Gasteiger partial charge in [-0.15, -0.1) is 0 Å². The van der Waals surface area contributed by atoms with Crippen molar-refractivity contribution in [3.05, 3.63) is 64.9 Å². The summed E-state index contributed by atoms with van der Waals surface area (Å²) < 4.78 is 0. The zero-order valence-electron chi connectivity index (χ0n) is 9.64. The van der Waals surface area contributed by atoms with Crippen LogP contribution in [0.15, 0.2) is 48.2 Å². The molecule has 0 amide bonds. The van der Waals surface area contributed by atoms with Crippen LogP contribution >= 0.6 is 0 Å². The van der Waals surface area contributed by atoms with Gasteiger partial charge in [0.2, 0.25) is 0 Å².